The molecule has 3 rings (SSSR count). The zero-order valence-corrected chi connectivity index (χ0v) is 17.8. The Labute approximate surface area is 181 Å². The Kier molecular flexibility index (Phi) is 6.83. The van der Waals surface area contributed by atoms with Gasteiger partial charge in [0.1, 0.15) is 0 Å². The molecule has 1 saturated heterocycles. The summed E-state index contributed by atoms with van der Waals surface area (Å²) in [6.07, 6.45) is 0.0225. The molecule has 0 aliphatic carbocycles. The number of esters is 1. The van der Waals surface area contributed by atoms with Gasteiger partial charge in [-0.3, -0.25) is 30.0 Å². The van der Waals surface area contributed by atoms with Crippen LogP contribution in [0, 0.1) is 12.8 Å². The number of carbonyl (C=O) groups is 4. The summed E-state index contributed by atoms with van der Waals surface area (Å²) in [6.45, 7) is 1.56. The second kappa shape index (κ2) is 9.53. The van der Waals surface area contributed by atoms with Gasteiger partial charge in [-0.1, -0.05) is 28.1 Å². The first kappa shape index (κ1) is 21.5. The SMILES string of the molecule is Cc1cccc(N2C[C@H](C(=O)OCC(=O)NNC(=O)c3ccc(Br)cc3)CC2=O)c1. The molecule has 0 aromatic heterocycles. The molecule has 1 fully saturated rings. The van der Waals surface area contributed by atoms with Crippen LogP contribution in [0.15, 0.2) is 53.0 Å². The number of hydrazine groups is 1. The largest absolute Gasteiger partial charge is 0.455 e. The van der Waals surface area contributed by atoms with Crippen LogP contribution < -0.4 is 15.8 Å². The van der Waals surface area contributed by atoms with Gasteiger partial charge in [0.25, 0.3) is 11.8 Å². The van der Waals surface area contributed by atoms with Gasteiger partial charge in [-0.25, -0.2) is 0 Å². The average Bonchev–Trinajstić information content (AvgIpc) is 3.12. The van der Waals surface area contributed by atoms with Gasteiger partial charge >= 0.3 is 5.97 Å². The summed E-state index contributed by atoms with van der Waals surface area (Å²) in [5.74, 6) is -2.64. The Morgan fingerprint density at radius 1 is 1.13 bits per heavy atom. The molecular weight excluding hydrogens is 454 g/mol. The number of hydrogen-bond donors (Lipinski definition) is 2. The monoisotopic (exact) mass is 473 g/mol. The zero-order valence-electron chi connectivity index (χ0n) is 16.2. The summed E-state index contributed by atoms with van der Waals surface area (Å²) >= 11 is 3.27. The minimum Gasteiger partial charge on any atom is -0.455 e. The lowest BCUT2D eigenvalue weighted by atomic mass is 10.1. The van der Waals surface area contributed by atoms with Crippen LogP contribution >= 0.6 is 15.9 Å². The molecule has 2 N–H and O–H groups in total. The van der Waals surface area contributed by atoms with Crippen molar-refractivity contribution >= 4 is 45.3 Å². The second-order valence-corrected chi connectivity index (χ2v) is 7.78. The van der Waals surface area contributed by atoms with Crippen LogP contribution in [0.1, 0.15) is 22.3 Å². The number of rotatable bonds is 5. The normalized spacial score (nSPS) is 15.6. The van der Waals surface area contributed by atoms with Crippen molar-refractivity contribution in [3.63, 3.8) is 0 Å². The molecule has 0 radical (unpaired) electrons. The Hall–Kier alpha value is -3.20. The van der Waals surface area contributed by atoms with Gasteiger partial charge < -0.3 is 9.64 Å². The lowest BCUT2D eigenvalue weighted by Crippen LogP contribution is -2.43. The van der Waals surface area contributed by atoms with Crippen molar-refractivity contribution in [2.24, 2.45) is 5.92 Å². The molecule has 1 heterocycles. The van der Waals surface area contributed by atoms with Gasteiger partial charge in [0, 0.05) is 28.7 Å². The fourth-order valence-corrected chi connectivity index (χ4v) is 3.27. The molecule has 9 heteroatoms. The molecule has 1 atom stereocenters. The number of ether oxygens (including phenoxy) is 1. The summed E-state index contributed by atoms with van der Waals surface area (Å²) in [5, 5.41) is 0. The molecule has 3 amide bonds. The first-order valence-electron chi connectivity index (χ1n) is 9.22. The Balaban J connectivity index is 1.45. The number of aryl methyl sites for hydroxylation is 1. The molecule has 0 saturated carbocycles. The van der Waals surface area contributed by atoms with Gasteiger partial charge in [0.15, 0.2) is 6.61 Å². The predicted octanol–water partition coefficient (Wildman–Crippen LogP) is 2.11. The first-order chi connectivity index (χ1) is 14.3. The Bertz CT molecular complexity index is 977. The van der Waals surface area contributed by atoms with Crippen LogP contribution in [0.4, 0.5) is 5.69 Å². The number of hydrogen-bond acceptors (Lipinski definition) is 5. The number of carbonyl (C=O) groups excluding carboxylic acids is 4. The number of nitrogens with zero attached hydrogens (tertiary/aromatic N) is 1. The number of anilines is 1. The van der Waals surface area contributed by atoms with E-state index in [0.717, 1.165) is 15.7 Å². The highest BCUT2D eigenvalue weighted by Crippen LogP contribution is 2.26. The molecule has 2 aromatic rings. The maximum atomic E-state index is 12.3. The Morgan fingerprint density at radius 2 is 1.87 bits per heavy atom. The van der Waals surface area contributed by atoms with Crippen molar-refractivity contribution in [3.8, 4) is 0 Å². The fourth-order valence-electron chi connectivity index (χ4n) is 3.00. The summed E-state index contributed by atoms with van der Waals surface area (Å²) in [4.78, 5) is 49.9. The molecule has 1 aliphatic rings. The van der Waals surface area contributed by atoms with Crippen LogP contribution in [-0.4, -0.2) is 36.8 Å². The lowest BCUT2D eigenvalue weighted by molar-refractivity contribution is -0.152. The van der Waals surface area contributed by atoms with Crippen molar-refractivity contribution < 1.29 is 23.9 Å². The third-order valence-electron chi connectivity index (χ3n) is 4.54. The highest BCUT2D eigenvalue weighted by molar-refractivity contribution is 9.10. The molecule has 8 nitrogen and oxygen atoms in total. The van der Waals surface area contributed by atoms with Gasteiger partial charge in [0.05, 0.1) is 5.92 Å². The minimum absolute atomic E-state index is 0.0225. The van der Waals surface area contributed by atoms with Crippen molar-refractivity contribution in [1.29, 1.82) is 0 Å². The molecule has 156 valence electrons. The molecule has 0 spiro atoms. The van der Waals surface area contributed by atoms with E-state index in [-0.39, 0.29) is 18.9 Å². The molecule has 0 unspecified atom stereocenters. The summed E-state index contributed by atoms with van der Waals surface area (Å²) < 4.78 is 5.83. The molecular formula is C21H20BrN3O5. The highest BCUT2D eigenvalue weighted by Gasteiger charge is 2.36. The molecule has 30 heavy (non-hydrogen) atoms. The van der Waals surface area contributed by atoms with E-state index in [0.29, 0.717) is 5.56 Å². The third kappa shape index (κ3) is 5.44. The minimum atomic E-state index is -0.686. The van der Waals surface area contributed by atoms with E-state index in [2.05, 4.69) is 26.8 Å². The smallest absolute Gasteiger partial charge is 0.311 e. The molecule has 1 aliphatic heterocycles. The quantitative estimate of drug-likeness (QED) is 0.511. The Morgan fingerprint density at radius 3 is 2.57 bits per heavy atom. The van der Waals surface area contributed by atoms with E-state index in [1.807, 2.05) is 25.1 Å². The predicted molar refractivity (Wildman–Crippen MR) is 112 cm³/mol. The third-order valence-corrected chi connectivity index (χ3v) is 5.07. The van der Waals surface area contributed by atoms with Crippen LogP contribution in [0.3, 0.4) is 0 Å². The van der Waals surface area contributed by atoms with E-state index < -0.39 is 30.3 Å². The highest BCUT2D eigenvalue weighted by atomic mass is 79.9. The summed E-state index contributed by atoms with van der Waals surface area (Å²) in [6, 6.07) is 14.0. The van der Waals surface area contributed by atoms with Crippen LogP contribution in [0.25, 0.3) is 0 Å². The molecule has 2 aromatic carbocycles. The number of benzene rings is 2. The summed E-state index contributed by atoms with van der Waals surface area (Å²) in [5.41, 5.74) is 6.52. The van der Waals surface area contributed by atoms with Crippen LogP contribution in [0.2, 0.25) is 0 Å². The van der Waals surface area contributed by atoms with E-state index in [1.54, 1.807) is 30.3 Å². The van der Waals surface area contributed by atoms with Crippen molar-refractivity contribution in [1.82, 2.24) is 10.9 Å². The van der Waals surface area contributed by atoms with Crippen molar-refractivity contribution in [2.75, 3.05) is 18.1 Å². The van der Waals surface area contributed by atoms with Gasteiger partial charge in [-0.15, -0.1) is 0 Å². The lowest BCUT2D eigenvalue weighted by Gasteiger charge is -2.17. The standard InChI is InChI=1S/C21H20BrN3O5/c1-13-3-2-4-17(9-13)25-11-15(10-19(25)27)21(29)30-12-18(26)23-24-20(28)14-5-7-16(22)8-6-14/h2-9,15H,10-12H2,1H3,(H,23,26)(H,24,28)/t15-/m1/s1. The molecule has 0 bridgehead atoms. The van der Waals surface area contributed by atoms with Crippen LogP contribution in [0.5, 0.6) is 0 Å². The maximum absolute atomic E-state index is 12.3. The zero-order chi connectivity index (χ0) is 21.7. The fraction of sp³-hybridized carbons (Fsp3) is 0.238. The second-order valence-electron chi connectivity index (χ2n) is 6.86. The van der Waals surface area contributed by atoms with Gasteiger partial charge in [-0.2, -0.15) is 0 Å². The number of halogens is 1. The van der Waals surface area contributed by atoms with E-state index >= 15 is 0 Å². The van der Waals surface area contributed by atoms with E-state index in [4.69, 9.17) is 4.74 Å². The van der Waals surface area contributed by atoms with Crippen LogP contribution in [-0.2, 0) is 19.1 Å². The first-order valence-corrected chi connectivity index (χ1v) is 10.0. The van der Waals surface area contributed by atoms with E-state index in [1.165, 1.54) is 4.90 Å². The number of nitrogens with one attached hydrogen (secondary N) is 2. The van der Waals surface area contributed by atoms with Gasteiger partial charge in [-0.05, 0) is 48.9 Å². The van der Waals surface area contributed by atoms with Crippen molar-refractivity contribution in [3.05, 3.63) is 64.1 Å². The number of amides is 3. The average molecular weight is 474 g/mol. The van der Waals surface area contributed by atoms with Gasteiger partial charge in [0.2, 0.25) is 5.91 Å². The topological polar surface area (TPSA) is 105 Å². The van der Waals surface area contributed by atoms with E-state index in [9.17, 15) is 19.2 Å². The summed E-state index contributed by atoms with van der Waals surface area (Å²) in [7, 11) is 0. The maximum Gasteiger partial charge on any atom is 0.311 e. The van der Waals surface area contributed by atoms with Crippen molar-refractivity contribution in [2.45, 2.75) is 13.3 Å².